The standard InChI is InChI=1S/C13H11F2N3O4S/c14-9-3-8(4-10(15)5-9)7-17-12-2-1-11(18(19)20)6-13(12)23(16,21)22/h1-6,17H,7H2,(H2,16,21,22). The Bertz CT molecular complexity index is 851. The van der Waals surface area contributed by atoms with E-state index in [1.807, 2.05) is 0 Å². The molecule has 2 aromatic carbocycles. The van der Waals surface area contributed by atoms with Gasteiger partial charge in [0.25, 0.3) is 5.69 Å². The van der Waals surface area contributed by atoms with E-state index in [1.165, 1.54) is 0 Å². The number of nitrogens with zero attached hydrogens (tertiary/aromatic N) is 1. The summed E-state index contributed by atoms with van der Waals surface area (Å²) in [5.41, 5.74) is -0.236. The molecule has 0 radical (unpaired) electrons. The largest absolute Gasteiger partial charge is 0.380 e. The quantitative estimate of drug-likeness (QED) is 0.637. The maximum atomic E-state index is 13.1. The second-order valence-electron chi connectivity index (χ2n) is 4.61. The minimum atomic E-state index is -4.23. The van der Waals surface area contributed by atoms with E-state index in [0.29, 0.717) is 6.07 Å². The van der Waals surface area contributed by atoms with Gasteiger partial charge in [0.15, 0.2) is 0 Å². The minimum absolute atomic E-state index is 0.0113. The van der Waals surface area contributed by atoms with E-state index in [-0.39, 0.29) is 17.8 Å². The molecule has 2 aromatic rings. The molecule has 0 aromatic heterocycles. The molecule has 0 spiro atoms. The van der Waals surface area contributed by atoms with Crippen LogP contribution in [0.25, 0.3) is 0 Å². The summed E-state index contributed by atoms with van der Waals surface area (Å²) >= 11 is 0. The van der Waals surface area contributed by atoms with Gasteiger partial charge in [0.05, 0.1) is 10.6 Å². The van der Waals surface area contributed by atoms with Gasteiger partial charge < -0.3 is 5.32 Å². The lowest BCUT2D eigenvalue weighted by Crippen LogP contribution is -2.15. The summed E-state index contributed by atoms with van der Waals surface area (Å²) in [4.78, 5) is 9.47. The van der Waals surface area contributed by atoms with E-state index in [4.69, 9.17) is 5.14 Å². The van der Waals surface area contributed by atoms with Crippen molar-refractivity contribution in [3.05, 3.63) is 63.7 Å². The Balaban J connectivity index is 2.34. The van der Waals surface area contributed by atoms with Crippen LogP contribution in [0.5, 0.6) is 0 Å². The van der Waals surface area contributed by atoms with Crippen molar-refractivity contribution in [1.29, 1.82) is 0 Å². The normalized spacial score (nSPS) is 11.3. The SMILES string of the molecule is NS(=O)(=O)c1cc([N+](=O)[O-])ccc1NCc1cc(F)cc(F)c1. The Morgan fingerprint density at radius 2 is 1.74 bits per heavy atom. The average molecular weight is 343 g/mol. The zero-order chi connectivity index (χ0) is 17.2. The number of nitrogens with one attached hydrogen (secondary N) is 1. The summed E-state index contributed by atoms with van der Waals surface area (Å²) in [7, 11) is -4.23. The number of primary sulfonamides is 1. The molecule has 0 bridgehead atoms. The van der Waals surface area contributed by atoms with Crippen molar-refractivity contribution in [1.82, 2.24) is 0 Å². The number of rotatable bonds is 5. The van der Waals surface area contributed by atoms with Crippen molar-refractivity contribution >= 4 is 21.4 Å². The van der Waals surface area contributed by atoms with Crippen LogP contribution in [-0.4, -0.2) is 13.3 Å². The number of halogens is 2. The molecule has 7 nitrogen and oxygen atoms in total. The molecule has 3 N–H and O–H groups in total. The third kappa shape index (κ3) is 4.20. The number of nitro benzene ring substituents is 1. The molecule has 0 aliphatic heterocycles. The highest BCUT2D eigenvalue weighted by Gasteiger charge is 2.19. The van der Waals surface area contributed by atoms with Crippen molar-refractivity contribution in [3.63, 3.8) is 0 Å². The number of nitrogens with two attached hydrogens (primary N) is 1. The van der Waals surface area contributed by atoms with E-state index < -0.39 is 37.2 Å². The molecule has 0 heterocycles. The lowest BCUT2D eigenvalue weighted by atomic mass is 10.2. The van der Waals surface area contributed by atoms with Gasteiger partial charge >= 0.3 is 0 Å². The molecule has 23 heavy (non-hydrogen) atoms. The number of hydrogen-bond donors (Lipinski definition) is 2. The van der Waals surface area contributed by atoms with Gasteiger partial charge in [-0.15, -0.1) is 0 Å². The van der Waals surface area contributed by atoms with E-state index in [2.05, 4.69) is 5.32 Å². The Hall–Kier alpha value is -2.59. The Morgan fingerprint density at radius 3 is 2.26 bits per heavy atom. The second-order valence-corrected chi connectivity index (χ2v) is 6.14. The maximum Gasteiger partial charge on any atom is 0.270 e. The molecule has 0 aliphatic carbocycles. The summed E-state index contributed by atoms with van der Waals surface area (Å²) < 4.78 is 49.3. The fourth-order valence-electron chi connectivity index (χ4n) is 1.92. The molecular weight excluding hydrogens is 332 g/mol. The summed E-state index contributed by atoms with van der Waals surface area (Å²) in [5.74, 6) is -1.56. The van der Waals surface area contributed by atoms with E-state index >= 15 is 0 Å². The van der Waals surface area contributed by atoms with Crippen LogP contribution in [0.1, 0.15) is 5.56 Å². The van der Waals surface area contributed by atoms with E-state index in [9.17, 15) is 27.3 Å². The van der Waals surface area contributed by atoms with Crippen LogP contribution in [0.4, 0.5) is 20.2 Å². The average Bonchev–Trinajstić information content (AvgIpc) is 2.42. The first-order valence-electron chi connectivity index (χ1n) is 6.17. The van der Waals surface area contributed by atoms with Gasteiger partial charge in [-0.3, -0.25) is 10.1 Å². The van der Waals surface area contributed by atoms with Gasteiger partial charge in [-0.25, -0.2) is 22.3 Å². The molecule has 0 saturated heterocycles. The first-order valence-corrected chi connectivity index (χ1v) is 7.71. The van der Waals surface area contributed by atoms with Crippen LogP contribution < -0.4 is 10.5 Å². The fourth-order valence-corrected chi connectivity index (χ4v) is 2.65. The number of hydrogen-bond acceptors (Lipinski definition) is 5. The van der Waals surface area contributed by atoms with Crippen molar-refractivity contribution in [2.45, 2.75) is 11.4 Å². The Kier molecular flexibility index (Phi) is 4.57. The zero-order valence-corrected chi connectivity index (χ0v) is 12.3. The molecule has 0 fully saturated rings. The number of nitro groups is 1. The molecule has 122 valence electrons. The lowest BCUT2D eigenvalue weighted by molar-refractivity contribution is -0.385. The minimum Gasteiger partial charge on any atom is -0.380 e. The van der Waals surface area contributed by atoms with Crippen LogP contribution in [-0.2, 0) is 16.6 Å². The molecule has 0 atom stereocenters. The van der Waals surface area contributed by atoms with Gasteiger partial charge in [0.2, 0.25) is 10.0 Å². The van der Waals surface area contributed by atoms with Crippen LogP contribution in [0, 0.1) is 21.7 Å². The first kappa shape index (κ1) is 16.8. The fraction of sp³-hybridized carbons (Fsp3) is 0.0769. The summed E-state index contributed by atoms with van der Waals surface area (Å²) in [6, 6.07) is 5.89. The van der Waals surface area contributed by atoms with Crippen LogP contribution in [0.15, 0.2) is 41.3 Å². The third-order valence-corrected chi connectivity index (χ3v) is 3.84. The predicted octanol–water partition coefficient (Wildman–Crippen LogP) is 2.13. The van der Waals surface area contributed by atoms with Crippen molar-refractivity contribution in [2.75, 3.05) is 5.32 Å². The smallest absolute Gasteiger partial charge is 0.270 e. The number of non-ortho nitro benzene ring substituents is 1. The summed E-state index contributed by atoms with van der Waals surface area (Å²) in [5, 5.41) is 18.4. The van der Waals surface area contributed by atoms with Crippen LogP contribution >= 0.6 is 0 Å². The zero-order valence-electron chi connectivity index (χ0n) is 11.5. The second kappa shape index (κ2) is 6.26. The molecule has 2 rings (SSSR count). The highest BCUT2D eigenvalue weighted by atomic mass is 32.2. The van der Waals surface area contributed by atoms with Gasteiger partial charge in [0.1, 0.15) is 16.5 Å². The topological polar surface area (TPSA) is 115 Å². The molecule has 0 amide bonds. The van der Waals surface area contributed by atoms with Gasteiger partial charge in [-0.05, 0) is 23.8 Å². The van der Waals surface area contributed by atoms with Crippen molar-refractivity contribution < 1.29 is 22.1 Å². The number of benzene rings is 2. The monoisotopic (exact) mass is 343 g/mol. The van der Waals surface area contributed by atoms with Crippen molar-refractivity contribution in [2.24, 2.45) is 5.14 Å². The third-order valence-electron chi connectivity index (χ3n) is 2.89. The van der Waals surface area contributed by atoms with E-state index in [0.717, 1.165) is 30.3 Å². The molecule has 0 unspecified atom stereocenters. The summed E-state index contributed by atoms with van der Waals surface area (Å²) in [6.45, 7) is -0.102. The Labute approximate surface area is 129 Å². The first-order chi connectivity index (χ1) is 10.7. The Morgan fingerprint density at radius 1 is 1.13 bits per heavy atom. The number of sulfonamides is 1. The number of anilines is 1. The predicted molar refractivity (Wildman–Crippen MR) is 78.2 cm³/mol. The van der Waals surface area contributed by atoms with Crippen LogP contribution in [0.3, 0.4) is 0 Å². The maximum absolute atomic E-state index is 13.1. The molecule has 10 heteroatoms. The van der Waals surface area contributed by atoms with Crippen LogP contribution in [0.2, 0.25) is 0 Å². The molecule has 0 saturated carbocycles. The summed E-state index contributed by atoms with van der Waals surface area (Å²) in [6.07, 6.45) is 0. The van der Waals surface area contributed by atoms with Gasteiger partial charge in [-0.1, -0.05) is 0 Å². The van der Waals surface area contributed by atoms with Gasteiger partial charge in [0, 0.05) is 24.7 Å². The highest BCUT2D eigenvalue weighted by molar-refractivity contribution is 7.89. The lowest BCUT2D eigenvalue weighted by Gasteiger charge is -2.11. The van der Waals surface area contributed by atoms with Gasteiger partial charge in [-0.2, -0.15) is 0 Å². The van der Waals surface area contributed by atoms with E-state index in [1.54, 1.807) is 0 Å². The highest BCUT2D eigenvalue weighted by Crippen LogP contribution is 2.26. The van der Waals surface area contributed by atoms with Crippen molar-refractivity contribution in [3.8, 4) is 0 Å². The molecular formula is C13H11F2N3O4S. The molecule has 0 aliphatic rings.